The summed E-state index contributed by atoms with van der Waals surface area (Å²) in [5.74, 6) is -0.424. The zero-order valence-corrected chi connectivity index (χ0v) is 10.6. The van der Waals surface area contributed by atoms with Crippen molar-refractivity contribution in [1.29, 1.82) is 0 Å². The lowest BCUT2D eigenvalue weighted by Gasteiger charge is -2.22. The standard InChI is InChI=1S/C11H22N2O3/c1-5-11(3,4)8-13-10(15)12-7-9(14)16-6-2/h5-8H2,1-4H3,(H2,12,13,15). The molecule has 0 aliphatic rings. The van der Waals surface area contributed by atoms with Gasteiger partial charge in [-0.15, -0.1) is 0 Å². The lowest BCUT2D eigenvalue weighted by Crippen LogP contribution is -2.42. The molecule has 0 radical (unpaired) electrons. The molecule has 0 aromatic rings. The first-order valence-electron chi connectivity index (χ1n) is 5.58. The highest BCUT2D eigenvalue weighted by Gasteiger charge is 2.16. The second kappa shape index (κ2) is 7.09. The third-order valence-electron chi connectivity index (χ3n) is 2.38. The molecular formula is C11H22N2O3. The number of urea groups is 1. The smallest absolute Gasteiger partial charge is 0.325 e. The van der Waals surface area contributed by atoms with E-state index in [1.807, 2.05) is 0 Å². The summed E-state index contributed by atoms with van der Waals surface area (Å²) in [6.45, 7) is 8.74. The van der Waals surface area contributed by atoms with Gasteiger partial charge in [-0.05, 0) is 18.8 Å². The summed E-state index contributed by atoms with van der Waals surface area (Å²) in [6, 6.07) is -0.338. The van der Waals surface area contributed by atoms with Crippen molar-refractivity contribution in [2.75, 3.05) is 19.7 Å². The minimum Gasteiger partial charge on any atom is -0.465 e. The summed E-state index contributed by atoms with van der Waals surface area (Å²) in [7, 11) is 0. The largest absolute Gasteiger partial charge is 0.465 e. The summed E-state index contributed by atoms with van der Waals surface area (Å²) in [5, 5.41) is 5.15. The lowest BCUT2D eigenvalue weighted by atomic mass is 9.90. The Kier molecular flexibility index (Phi) is 6.53. The summed E-state index contributed by atoms with van der Waals surface area (Å²) < 4.78 is 4.68. The van der Waals surface area contributed by atoms with Gasteiger partial charge in [0, 0.05) is 6.54 Å². The third kappa shape index (κ3) is 7.09. The van der Waals surface area contributed by atoms with E-state index in [9.17, 15) is 9.59 Å². The zero-order valence-electron chi connectivity index (χ0n) is 10.6. The molecule has 0 fully saturated rings. The fourth-order valence-electron chi connectivity index (χ4n) is 0.872. The van der Waals surface area contributed by atoms with Crippen LogP contribution in [0.25, 0.3) is 0 Å². The van der Waals surface area contributed by atoms with E-state index < -0.39 is 5.97 Å². The van der Waals surface area contributed by atoms with Crippen LogP contribution in [0.1, 0.15) is 34.1 Å². The SMILES string of the molecule is CCOC(=O)CNC(=O)NCC(C)(C)CC. The first-order valence-corrected chi connectivity index (χ1v) is 5.58. The average Bonchev–Trinajstić information content (AvgIpc) is 2.24. The van der Waals surface area contributed by atoms with Crippen LogP contribution in [0.5, 0.6) is 0 Å². The third-order valence-corrected chi connectivity index (χ3v) is 2.38. The molecule has 2 N–H and O–H groups in total. The summed E-state index contributed by atoms with van der Waals surface area (Å²) >= 11 is 0. The number of ether oxygens (including phenoxy) is 1. The Labute approximate surface area is 96.9 Å². The van der Waals surface area contributed by atoms with Crippen LogP contribution in [0.15, 0.2) is 0 Å². The van der Waals surface area contributed by atoms with E-state index in [-0.39, 0.29) is 18.0 Å². The fraction of sp³-hybridized carbons (Fsp3) is 0.818. The molecule has 0 aliphatic carbocycles. The number of rotatable bonds is 6. The van der Waals surface area contributed by atoms with Crippen molar-refractivity contribution in [3.63, 3.8) is 0 Å². The van der Waals surface area contributed by atoms with Crippen LogP contribution in [0.3, 0.4) is 0 Å². The van der Waals surface area contributed by atoms with Crippen molar-refractivity contribution in [1.82, 2.24) is 10.6 Å². The van der Waals surface area contributed by atoms with Gasteiger partial charge >= 0.3 is 12.0 Å². The number of carbonyl (C=O) groups excluding carboxylic acids is 2. The minimum atomic E-state index is -0.424. The Morgan fingerprint density at radius 2 is 1.81 bits per heavy atom. The Balaban J connectivity index is 3.71. The Morgan fingerprint density at radius 3 is 2.31 bits per heavy atom. The van der Waals surface area contributed by atoms with E-state index in [1.54, 1.807) is 6.92 Å². The molecule has 0 heterocycles. The van der Waals surface area contributed by atoms with Crippen LogP contribution in [0, 0.1) is 5.41 Å². The number of hydrogen-bond donors (Lipinski definition) is 2. The van der Waals surface area contributed by atoms with Gasteiger partial charge in [-0.25, -0.2) is 4.79 Å². The second-order valence-electron chi connectivity index (χ2n) is 4.36. The molecule has 0 saturated heterocycles. The van der Waals surface area contributed by atoms with Crippen LogP contribution < -0.4 is 10.6 Å². The van der Waals surface area contributed by atoms with Gasteiger partial charge in [0.25, 0.3) is 0 Å². The quantitative estimate of drug-likeness (QED) is 0.675. The van der Waals surface area contributed by atoms with Gasteiger partial charge in [0.1, 0.15) is 6.54 Å². The van der Waals surface area contributed by atoms with Crippen molar-refractivity contribution in [3.8, 4) is 0 Å². The Bertz CT molecular complexity index is 239. The normalized spacial score (nSPS) is 10.8. The molecule has 16 heavy (non-hydrogen) atoms. The highest BCUT2D eigenvalue weighted by molar-refractivity contribution is 5.80. The molecule has 0 unspecified atom stereocenters. The predicted molar refractivity (Wildman–Crippen MR) is 62.1 cm³/mol. The maximum atomic E-state index is 11.3. The molecule has 94 valence electrons. The van der Waals surface area contributed by atoms with Crippen molar-refractivity contribution in [2.45, 2.75) is 34.1 Å². The Hall–Kier alpha value is -1.26. The molecule has 0 spiro atoms. The monoisotopic (exact) mass is 230 g/mol. The fourth-order valence-corrected chi connectivity index (χ4v) is 0.872. The number of esters is 1. The van der Waals surface area contributed by atoms with Crippen molar-refractivity contribution >= 4 is 12.0 Å². The Morgan fingerprint density at radius 1 is 1.19 bits per heavy atom. The summed E-state index contributed by atoms with van der Waals surface area (Å²) in [5.41, 5.74) is 0.0707. The zero-order chi connectivity index (χ0) is 12.6. The molecule has 0 aromatic carbocycles. The van der Waals surface area contributed by atoms with E-state index in [2.05, 4.69) is 36.1 Å². The van der Waals surface area contributed by atoms with Crippen molar-refractivity contribution in [3.05, 3.63) is 0 Å². The van der Waals surface area contributed by atoms with Gasteiger partial charge in [0.05, 0.1) is 6.61 Å². The van der Waals surface area contributed by atoms with E-state index in [1.165, 1.54) is 0 Å². The van der Waals surface area contributed by atoms with Gasteiger partial charge in [0.2, 0.25) is 0 Å². The number of hydrogen-bond acceptors (Lipinski definition) is 3. The molecule has 0 aromatic heterocycles. The molecular weight excluding hydrogens is 208 g/mol. The maximum absolute atomic E-state index is 11.3. The topological polar surface area (TPSA) is 67.4 Å². The minimum absolute atomic E-state index is 0.0707. The molecule has 2 amide bonds. The first-order chi connectivity index (χ1) is 7.41. The highest BCUT2D eigenvalue weighted by atomic mass is 16.5. The van der Waals surface area contributed by atoms with Crippen molar-refractivity contribution < 1.29 is 14.3 Å². The van der Waals surface area contributed by atoms with Crippen LogP contribution in [-0.2, 0) is 9.53 Å². The van der Waals surface area contributed by atoms with E-state index in [0.29, 0.717) is 13.2 Å². The molecule has 0 bridgehead atoms. The van der Waals surface area contributed by atoms with Gasteiger partial charge in [0.15, 0.2) is 0 Å². The van der Waals surface area contributed by atoms with Crippen LogP contribution in [0.4, 0.5) is 4.79 Å². The van der Waals surface area contributed by atoms with Gasteiger partial charge < -0.3 is 15.4 Å². The second-order valence-corrected chi connectivity index (χ2v) is 4.36. The summed E-state index contributed by atoms with van der Waals surface area (Å²) in [6.07, 6.45) is 0.977. The summed E-state index contributed by atoms with van der Waals surface area (Å²) in [4.78, 5) is 22.2. The van der Waals surface area contributed by atoms with Gasteiger partial charge in [-0.1, -0.05) is 20.8 Å². The molecule has 0 aliphatic heterocycles. The molecule has 5 heteroatoms. The number of amides is 2. The number of nitrogens with one attached hydrogen (secondary N) is 2. The first kappa shape index (κ1) is 14.7. The lowest BCUT2D eigenvalue weighted by molar-refractivity contribution is -0.141. The van der Waals surface area contributed by atoms with Crippen LogP contribution >= 0.6 is 0 Å². The van der Waals surface area contributed by atoms with E-state index in [0.717, 1.165) is 6.42 Å². The van der Waals surface area contributed by atoms with Crippen LogP contribution in [0.2, 0.25) is 0 Å². The van der Waals surface area contributed by atoms with Gasteiger partial charge in [-0.2, -0.15) is 0 Å². The maximum Gasteiger partial charge on any atom is 0.325 e. The molecule has 0 saturated carbocycles. The number of carbonyl (C=O) groups is 2. The molecule has 5 nitrogen and oxygen atoms in total. The van der Waals surface area contributed by atoms with Gasteiger partial charge in [-0.3, -0.25) is 4.79 Å². The van der Waals surface area contributed by atoms with Crippen molar-refractivity contribution in [2.24, 2.45) is 5.41 Å². The highest BCUT2D eigenvalue weighted by Crippen LogP contribution is 2.17. The van der Waals surface area contributed by atoms with E-state index in [4.69, 9.17) is 0 Å². The van der Waals surface area contributed by atoms with E-state index >= 15 is 0 Å². The predicted octanol–water partition coefficient (Wildman–Crippen LogP) is 1.28. The molecule has 0 rings (SSSR count). The van der Waals surface area contributed by atoms with Crippen LogP contribution in [-0.4, -0.2) is 31.7 Å². The average molecular weight is 230 g/mol. The molecule has 0 atom stereocenters.